The van der Waals surface area contributed by atoms with Crippen LogP contribution in [0.1, 0.15) is 40.0 Å². The number of carbonyl (C=O) groups excluding carboxylic acids is 1. The Morgan fingerprint density at radius 2 is 1.94 bits per heavy atom. The molecule has 0 bridgehead atoms. The molecule has 1 aliphatic heterocycles. The van der Waals surface area contributed by atoms with Crippen molar-refractivity contribution in [3.63, 3.8) is 0 Å². The molecule has 100 valence electrons. The van der Waals surface area contributed by atoms with E-state index in [-0.39, 0.29) is 11.9 Å². The summed E-state index contributed by atoms with van der Waals surface area (Å²) in [5.74, 6) is 0.545. The number of likely N-dealkylation sites (tertiary alicyclic amines) is 1. The normalized spacial score (nSPS) is 20.5. The number of amides is 1. The van der Waals surface area contributed by atoms with Crippen molar-refractivity contribution in [1.29, 1.82) is 0 Å². The lowest BCUT2D eigenvalue weighted by Crippen LogP contribution is -2.49. The Morgan fingerprint density at radius 3 is 2.41 bits per heavy atom. The SMILES string of the molecule is CC[C@H](N)C(=O)NCC(C(C)C)N1CCCC1. The molecule has 1 heterocycles. The Balaban J connectivity index is 2.41. The third-order valence-electron chi connectivity index (χ3n) is 3.64. The zero-order valence-electron chi connectivity index (χ0n) is 11.4. The van der Waals surface area contributed by atoms with E-state index >= 15 is 0 Å². The summed E-state index contributed by atoms with van der Waals surface area (Å²) in [5.41, 5.74) is 5.71. The third kappa shape index (κ3) is 4.28. The summed E-state index contributed by atoms with van der Waals surface area (Å²) in [6, 6.07) is 0.0897. The number of rotatable bonds is 6. The van der Waals surface area contributed by atoms with Crippen LogP contribution in [0.25, 0.3) is 0 Å². The molecule has 0 spiro atoms. The molecule has 2 atom stereocenters. The van der Waals surface area contributed by atoms with E-state index in [9.17, 15) is 4.79 Å². The predicted molar refractivity (Wildman–Crippen MR) is 70.7 cm³/mol. The Hall–Kier alpha value is -0.610. The molecular formula is C13H27N3O. The van der Waals surface area contributed by atoms with Crippen LogP contribution < -0.4 is 11.1 Å². The quantitative estimate of drug-likeness (QED) is 0.728. The van der Waals surface area contributed by atoms with Crippen LogP contribution in [0.4, 0.5) is 0 Å². The van der Waals surface area contributed by atoms with E-state index in [1.165, 1.54) is 25.9 Å². The minimum absolute atomic E-state index is 0.0163. The van der Waals surface area contributed by atoms with Gasteiger partial charge in [-0.05, 0) is 38.3 Å². The maximum Gasteiger partial charge on any atom is 0.236 e. The number of nitrogens with zero attached hydrogens (tertiary/aromatic N) is 1. The first-order chi connectivity index (χ1) is 8.06. The highest BCUT2D eigenvalue weighted by atomic mass is 16.2. The fourth-order valence-corrected chi connectivity index (χ4v) is 2.38. The van der Waals surface area contributed by atoms with Crippen LogP contribution in [0.5, 0.6) is 0 Å². The third-order valence-corrected chi connectivity index (χ3v) is 3.64. The van der Waals surface area contributed by atoms with Crippen molar-refractivity contribution in [1.82, 2.24) is 10.2 Å². The number of carbonyl (C=O) groups is 1. The molecule has 1 amide bonds. The Kier molecular flexibility index (Phi) is 5.92. The molecule has 0 saturated carbocycles. The van der Waals surface area contributed by atoms with E-state index in [2.05, 4.69) is 24.1 Å². The summed E-state index contributed by atoms with van der Waals surface area (Å²) in [6.45, 7) is 9.43. The van der Waals surface area contributed by atoms with E-state index in [1.807, 2.05) is 6.92 Å². The van der Waals surface area contributed by atoms with Crippen molar-refractivity contribution in [2.75, 3.05) is 19.6 Å². The highest BCUT2D eigenvalue weighted by Gasteiger charge is 2.25. The van der Waals surface area contributed by atoms with Gasteiger partial charge < -0.3 is 11.1 Å². The monoisotopic (exact) mass is 241 g/mol. The fourth-order valence-electron chi connectivity index (χ4n) is 2.38. The lowest BCUT2D eigenvalue weighted by atomic mass is 10.0. The van der Waals surface area contributed by atoms with Gasteiger partial charge in [-0.25, -0.2) is 0 Å². The average molecular weight is 241 g/mol. The first-order valence-electron chi connectivity index (χ1n) is 6.83. The molecule has 0 aromatic heterocycles. The number of nitrogens with two attached hydrogens (primary N) is 1. The second kappa shape index (κ2) is 6.97. The molecule has 1 fully saturated rings. The van der Waals surface area contributed by atoms with Crippen LogP contribution in [0.15, 0.2) is 0 Å². The molecule has 0 aromatic rings. The summed E-state index contributed by atoms with van der Waals surface area (Å²) >= 11 is 0. The van der Waals surface area contributed by atoms with Gasteiger partial charge in [0.25, 0.3) is 0 Å². The molecule has 3 N–H and O–H groups in total. The van der Waals surface area contributed by atoms with Gasteiger partial charge in [0.15, 0.2) is 0 Å². The van der Waals surface area contributed by atoms with Crippen LogP contribution in [-0.4, -0.2) is 42.5 Å². The minimum Gasteiger partial charge on any atom is -0.353 e. The molecule has 0 radical (unpaired) electrons. The predicted octanol–water partition coefficient (Wildman–Crippen LogP) is 0.960. The maximum atomic E-state index is 11.7. The van der Waals surface area contributed by atoms with Crippen LogP contribution in [0, 0.1) is 5.92 Å². The van der Waals surface area contributed by atoms with Gasteiger partial charge in [0.05, 0.1) is 6.04 Å². The summed E-state index contributed by atoms with van der Waals surface area (Å²) in [4.78, 5) is 14.1. The van der Waals surface area contributed by atoms with Crippen molar-refractivity contribution in [2.45, 2.75) is 52.1 Å². The fraction of sp³-hybridized carbons (Fsp3) is 0.923. The van der Waals surface area contributed by atoms with Gasteiger partial charge in [0.2, 0.25) is 5.91 Å². The van der Waals surface area contributed by atoms with E-state index in [0.717, 1.165) is 6.54 Å². The first-order valence-corrected chi connectivity index (χ1v) is 6.83. The Morgan fingerprint density at radius 1 is 1.35 bits per heavy atom. The molecule has 4 nitrogen and oxygen atoms in total. The highest BCUT2D eigenvalue weighted by Crippen LogP contribution is 2.17. The zero-order valence-corrected chi connectivity index (χ0v) is 11.4. The van der Waals surface area contributed by atoms with Crippen molar-refractivity contribution in [3.05, 3.63) is 0 Å². The zero-order chi connectivity index (χ0) is 12.8. The van der Waals surface area contributed by atoms with Gasteiger partial charge >= 0.3 is 0 Å². The van der Waals surface area contributed by atoms with Crippen LogP contribution in [-0.2, 0) is 4.79 Å². The summed E-state index contributed by atoms with van der Waals surface area (Å²) in [5, 5.41) is 2.99. The molecule has 17 heavy (non-hydrogen) atoms. The number of hydrogen-bond acceptors (Lipinski definition) is 3. The van der Waals surface area contributed by atoms with Gasteiger partial charge in [-0.1, -0.05) is 20.8 Å². The number of hydrogen-bond donors (Lipinski definition) is 2. The smallest absolute Gasteiger partial charge is 0.236 e. The molecule has 4 heteroatoms. The van der Waals surface area contributed by atoms with Gasteiger partial charge in [-0.2, -0.15) is 0 Å². The molecule has 1 saturated heterocycles. The average Bonchev–Trinajstić information content (AvgIpc) is 2.81. The summed E-state index contributed by atoms with van der Waals surface area (Å²) in [7, 11) is 0. The van der Waals surface area contributed by atoms with E-state index < -0.39 is 0 Å². The second-order valence-electron chi connectivity index (χ2n) is 5.31. The van der Waals surface area contributed by atoms with Crippen LogP contribution in [0.3, 0.4) is 0 Å². The van der Waals surface area contributed by atoms with Crippen molar-refractivity contribution in [3.8, 4) is 0 Å². The molecule has 1 unspecified atom stereocenters. The molecular weight excluding hydrogens is 214 g/mol. The molecule has 0 aromatic carbocycles. The molecule has 1 rings (SSSR count). The van der Waals surface area contributed by atoms with Gasteiger partial charge in [0.1, 0.15) is 0 Å². The van der Waals surface area contributed by atoms with Crippen molar-refractivity contribution >= 4 is 5.91 Å². The van der Waals surface area contributed by atoms with Crippen molar-refractivity contribution < 1.29 is 4.79 Å². The van der Waals surface area contributed by atoms with Crippen molar-refractivity contribution in [2.24, 2.45) is 11.7 Å². The van der Waals surface area contributed by atoms with E-state index in [1.54, 1.807) is 0 Å². The molecule has 0 aliphatic carbocycles. The van der Waals surface area contributed by atoms with Crippen LogP contribution in [0.2, 0.25) is 0 Å². The Bertz CT molecular complexity index is 237. The first kappa shape index (κ1) is 14.5. The largest absolute Gasteiger partial charge is 0.353 e. The summed E-state index contributed by atoms with van der Waals surface area (Å²) < 4.78 is 0. The Labute approximate surface area is 105 Å². The number of nitrogens with one attached hydrogen (secondary N) is 1. The van der Waals surface area contributed by atoms with E-state index in [4.69, 9.17) is 5.73 Å². The lowest BCUT2D eigenvalue weighted by Gasteiger charge is -2.31. The lowest BCUT2D eigenvalue weighted by molar-refractivity contribution is -0.122. The maximum absolute atomic E-state index is 11.7. The van der Waals surface area contributed by atoms with E-state index in [0.29, 0.717) is 18.4 Å². The minimum atomic E-state index is -0.360. The highest BCUT2D eigenvalue weighted by molar-refractivity contribution is 5.81. The van der Waals surface area contributed by atoms with Gasteiger partial charge in [0, 0.05) is 12.6 Å². The van der Waals surface area contributed by atoms with Gasteiger partial charge in [-0.15, -0.1) is 0 Å². The van der Waals surface area contributed by atoms with Gasteiger partial charge in [-0.3, -0.25) is 9.69 Å². The topological polar surface area (TPSA) is 58.4 Å². The second-order valence-corrected chi connectivity index (χ2v) is 5.31. The summed E-state index contributed by atoms with van der Waals surface area (Å²) in [6.07, 6.45) is 3.26. The molecule has 1 aliphatic rings. The standard InChI is InChI=1S/C13H27N3O/c1-4-11(14)13(17)15-9-12(10(2)3)16-7-5-6-8-16/h10-12H,4-9,14H2,1-3H3,(H,15,17)/t11-,12?/m0/s1. The van der Waals surface area contributed by atoms with Crippen LogP contribution >= 0.6 is 0 Å².